The number of fused-ring (bicyclic) bond motifs is 1. The first-order chi connectivity index (χ1) is 21.9. The summed E-state index contributed by atoms with van der Waals surface area (Å²) in [6.07, 6.45) is 2.15. The lowest BCUT2D eigenvalue weighted by Crippen LogP contribution is -2.28. The molecule has 5 aromatic rings. The van der Waals surface area contributed by atoms with E-state index in [-0.39, 0.29) is 12.0 Å². The molecule has 0 radical (unpaired) electrons. The predicted octanol–water partition coefficient (Wildman–Crippen LogP) is 5.07. The lowest BCUT2D eigenvalue weighted by Gasteiger charge is -2.21. The van der Waals surface area contributed by atoms with Gasteiger partial charge in [-0.2, -0.15) is 0 Å². The van der Waals surface area contributed by atoms with E-state index in [1.54, 1.807) is 13.3 Å². The van der Waals surface area contributed by atoms with Crippen LogP contribution < -0.4 is 20.3 Å². The average Bonchev–Trinajstić information content (AvgIpc) is 3.42. The zero-order chi connectivity index (χ0) is 30.9. The van der Waals surface area contributed by atoms with E-state index in [1.165, 1.54) is 10.7 Å². The van der Waals surface area contributed by atoms with E-state index in [1.807, 2.05) is 78.7 Å². The molecule has 1 saturated carbocycles. The maximum atomic E-state index is 13.6. The van der Waals surface area contributed by atoms with Crippen molar-refractivity contribution in [3.8, 4) is 17.0 Å². The van der Waals surface area contributed by atoms with Crippen molar-refractivity contribution in [2.75, 3.05) is 37.6 Å². The van der Waals surface area contributed by atoms with E-state index in [9.17, 15) is 9.18 Å². The first-order valence-corrected chi connectivity index (χ1v) is 14.7. The maximum absolute atomic E-state index is 13.6. The van der Waals surface area contributed by atoms with Crippen LogP contribution in [0.5, 0.6) is 5.75 Å². The summed E-state index contributed by atoms with van der Waals surface area (Å²) in [5, 5.41) is 10.9. The van der Waals surface area contributed by atoms with Crippen molar-refractivity contribution < 1.29 is 23.4 Å². The normalized spacial score (nSPS) is 17.8. The monoisotopic (exact) mass is 609 g/mol. The van der Waals surface area contributed by atoms with E-state index in [0.29, 0.717) is 37.6 Å². The number of imidazole rings is 1. The summed E-state index contributed by atoms with van der Waals surface area (Å²) < 4.78 is 31.5. The number of aromatic nitrogens is 4. The first-order valence-electron chi connectivity index (χ1n) is 14.7. The van der Waals surface area contributed by atoms with Crippen LogP contribution in [0.2, 0.25) is 0 Å². The Morgan fingerprint density at radius 1 is 1.07 bits per heavy atom. The van der Waals surface area contributed by atoms with E-state index < -0.39 is 18.1 Å². The SMILES string of the molecule is COc1ccc(CN(C)c2cc(Nc3cccc(-c4ccc(C5OCCO5)cn4)c3)nn3c(C(=O)N[C@@H]4C[C@@H]4F)cnc23)cc1. The Kier molecular flexibility index (Phi) is 7.74. The Balaban J connectivity index is 1.19. The molecule has 2 N–H and O–H groups in total. The molecule has 4 heterocycles. The number of carbonyl (C=O) groups excluding carboxylic acids is 1. The Morgan fingerprint density at radius 2 is 1.87 bits per heavy atom. The number of halogens is 1. The molecule has 2 atom stereocenters. The topological polar surface area (TPSA) is 115 Å². The second-order valence-electron chi connectivity index (χ2n) is 11.1. The fraction of sp³-hybridized carbons (Fsp3) is 0.273. The molecule has 0 spiro atoms. The molecular weight excluding hydrogens is 577 g/mol. The minimum Gasteiger partial charge on any atom is -0.497 e. The molecule has 1 aliphatic heterocycles. The van der Waals surface area contributed by atoms with E-state index in [2.05, 4.69) is 20.6 Å². The van der Waals surface area contributed by atoms with Gasteiger partial charge in [0.25, 0.3) is 5.91 Å². The third-order valence-electron chi connectivity index (χ3n) is 7.81. The first kappa shape index (κ1) is 28.7. The molecule has 2 aliphatic rings. The van der Waals surface area contributed by atoms with Gasteiger partial charge in [-0.1, -0.05) is 30.3 Å². The molecule has 0 bridgehead atoms. The molecule has 230 valence electrons. The molecule has 2 aromatic carbocycles. The van der Waals surface area contributed by atoms with Gasteiger partial charge in [-0.25, -0.2) is 13.9 Å². The number of rotatable bonds is 10. The molecule has 1 aliphatic carbocycles. The van der Waals surface area contributed by atoms with Crippen molar-refractivity contribution in [2.24, 2.45) is 0 Å². The smallest absolute Gasteiger partial charge is 0.271 e. The molecule has 3 aromatic heterocycles. The Labute approximate surface area is 259 Å². The highest BCUT2D eigenvalue weighted by atomic mass is 19.1. The van der Waals surface area contributed by atoms with Gasteiger partial charge in [0.15, 0.2) is 23.4 Å². The molecule has 12 heteroatoms. The van der Waals surface area contributed by atoms with Crippen LogP contribution in [0.15, 0.2) is 79.1 Å². The van der Waals surface area contributed by atoms with Crippen LogP contribution >= 0.6 is 0 Å². The zero-order valence-electron chi connectivity index (χ0n) is 24.8. The van der Waals surface area contributed by atoms with Gasteiger partial charge in [0.2, 0.25) is 0 Å². The minimum atomic E-state index is -1.02. The zero-order valence-corrected chi connectivity index (χ0v) is 24.8. The molecule has 7 rings (SSSR count). The number of ether oxygens (including phenoxy) is 3. The van der Waals surface area contributed by atoms with Gasteiger partial charge in [0, 0.05) is 49.1 Å². The summed E-state index contributed by atoms with van der Waals surface area (Å²) in [5.41, 5.74) is 5.89. The number of carbonyl (C=O) groups is 1. The minimum absolute atomic E-state index is 0.222. The standard InChI is InChI=1S/C33H32FN7O4/c1-40(19-20-6-9-24(43-2)10-7-20)28-16-30(39-41-29(18-36-31(28)41)32(42)38-27-15-25(27)34)37-23-5-3-4-21(14-23)26-11-8-22(17-35-26)33-44-12-13-45-33/h3-11,14,16-18,25,27,33H,12-13,15,19H2,1-2H3,(H,37,39)(H,38,42)/t25-,27+/m0/s1. The van der Waals surface area contributed by atoms with Crippen molar-refractivity contribution in [1.29, 1.82) is 0 Å². The summed E-state index contributed by atoms with van der Waals surface area (Å²) in [5.74, 6) is 0.849. The number of hydrogen-bond acceptors (Lipinski definition) is 9. The van der Waals surface area contributed by atoms with Gasteiger partial charge in [-0.15, -0.1) is 5.10 Å². The molecule has 45 heavy (non-hydrogen) atoms. The van der Waals surface area contributed by atoms with E-state index in [4.69, 9.17) is 19.3 Å². The van der Waals surface area contributed by atoms with Crippen molar-refractivity contribution in [3.05, 3.63) is 95.9 Å². The molecule has 0 unspecified atom stereocenters. The molecule has 1 saturated heterocycles. The summed E-state index contributed by atoms with van der Waals surface area (Å²) in [6, 6.07) is 21.0. The maximum Gasteiger partial charge on any atom is 0.271 e. The van der Waals surface area contributed by atoms with Crippen LogP contribution in [0.25, 0.3) is 16.9 Å². The largest absolute Gasteiger partial charge is 0.497 e. The van der Waals surface area contributed by atoms with Crippen molar-refractivity contribution >= 4 is 28.7 Å². The third kappa shape index (κ3) is 6.15. The van der Waals surface area contributed by atoms with Gasteiger partial charge in [-0.05, 0) is 35.9 Å². The number of hydrogen-bond donors (Lipinski definition) is 2. The predicted molar refractivity (Wildman–Crippen MR) is 166 cm³/mol. The highest BCUT2D eigenvalue weighted by Gasteiger charge is 2.39. The number of nitrogens with zero attached hydrogens (tertiary/aromatic N) is 5. The fourth-order valence-corrected chi connectivity index (χ4v) is 5.27. The van der Waals surface area contributed by atoms with Crippen LogP contribution in [0.4, 0.5) is 21.6 Å². The van der Waals surface area contributed by atoms with E-state index >= 15 is 0 Å². The Morgan fingerprint density at radius 3 is 2.58 bits per heavy atom. The summed E-state index contributed by atoms with van der Waals surface area (Å²) >= 11 is 0. The van der Waals surface area contributed by atoms with Gasteiger partial charge in [0.1, 0.15) is 11.9 Å². The lowest BCUT2D eigenvalue weighted by molar-refractivity contribution is -0.0443. The average molecular weight is 610 g/mol. The van der Waals surface area contributed by atoms with E-state index in [0.717, 1.165) is 39.5 Å². The van der Waals surface area contributed by atoms with Crippen LogP contribution in [0, 0.1) is 0 Å². The van der Waals surface area contributed by atoms with Crippen LogP contribution in [0.1, 0.15) is 34.3 Å². The van der Waals surface area contributed by atoms with Crippen LogP contribution in [-0.4, -0.2) is 65.1 Å². The Bertz CT molecular complexity index is 1820. The number of alkyl halides is 1. The van der Waals surface area contributed by atoms with Gasteiger partial charge >= 0.3 is 0 Å². The number of amides is 1. The Hall–Kier alpha value is -5.07. The number of pyridine rings is 1. The molecular formula is C33H32FN7O4. The summed E-state index contributed by atoms with van der Waals surface area (Å²) in [4.78, 5) is 24.3. The van der Waals surface area contributed by atoms with Crippen molar-refractivity contribution in [3.63, 3.8) is 0 Å². The number of anilines is 3. The highest BCUT2D eigenvalue weighted by molar-refractivity contribution is 5.94. The van der Waals surface area contributed by atoms with Crippen molar-refractivity contribution in [1.82, 2.24) is 24.9 Å². The highest BCUT2D eigenvalue weighted by Crippen LogP contribution is 2.30. The van der Waals surface area contributed by atoms with Crippen LogP contribution in [-0.2, 0) is 16.0 Å². The summed E-state index contributed by atoms with van der Waals surface area (Å²) in [7, 11) is 3.59. The molecule has 11 nitrogen and oxygen atoms in total. The van der Waals surface area contributed by atoms with Gasteiger partial charge in [0.05, 0.1) is 43.9 Å². The molecule has 1 amide bonds. The third-order valence-corrected chi connectivity index (χ3v) is 7.81. The van der Waals surface area contributed by atoms with Crippen LogP contribution in [0.3, 0.4) is 0 Å². The molecule has 2 fully saturated rings. The van der Waals surface area contributed by atoms with Gasteiger partial charge in [-0.3, -0.25) is 9.78 Å². The second kappa shape index (κ2) is 12.1. The fourth-order valence-electron chi connectivity index (χ4n) is 5.27. The van der Waals surface area contributed by atoms with Crippen molar-refractivity contribution in [2.45, 2.75) is 31.5 Å². The quantitative estimate of drug-likeness (QED) is 0.224. The summed E-state index contributed by atoms with van der Waals surface area (Å²) in [6.45, 7) is 1.71. The number of nitrogens with one attached hydrogen (secondary N) is 2. The number of methoxy groups -OCH3 is 1. The van der Waals surface area contributed by atoms with Gasteiger partial charge < -0.3 is 29.7 Å². The lowest BCUT2D eigenvalue weighted by atomic mass is 10.1. The second-order valence-corrected chi connectivity index (χ2v) is 11.1. The number of benzene rings is 2.